The molecule has 0 spiro atoms. The molecular weight excluding hydrogens is 338 g/mol. The van der Waals surface area contributed by atoms with Crippen molar-refractivity contribution in [1.29, 1.82) is 0 Å². The minimum absolute atomic E-state index is 0.882. The smallest absolute Gasteiger partial charge is 0.387 e. The van der Waals surface area contributed by atoms with Crippen molar-refractivity contribution in [2.75, 3.05) is 6.61 Å². The molecule has 12 nitrogen and oxygen atoms in total. The van der Waals surface area contributed by atoms with Crippen LogP contribution in [0.3, 0.4) is 0 Å². The maximum Gasteiger partial charge on any atom is 0.470 e. The first kappa shape index (κ1) is 19.1. The Kier molecular flexibility index (Phi) is 5.72. The van der Waals surface area contributed by atoms with Crippen LogP contribution in [-0.4, -0.2) is 71.7 Å². The van der Waals surface area contributed by atoms with Crippen LogP contribution >= 0.6 is 15.6 Å². The summed E-state index contributed by atoms with van der Waals surface area (Å²) in [5, 5.41) is 29.3. The van der Waals surface area contributed by atoms with Crippen molar-refractivity contribution >= 4 is 15.6 Å². The highest BCUT2D eigenvalue weighted by Gasteiger charge is 2.58. The number of phosphoric acid groups is 2. The fourth-order valence-corrected chi connectivity index (χ4v) is 2.65. The van der Waals surface area contributed by atoms with E-state index in [9.17, 15) is 24.4 Å². The third-order valence-corrected chi connectivity index (χ3v) is 3.83. The van der Waals surface area contributed by atoms with Crippen molar-refractivity contribution in [3.8, 4) is 0 Å². The molecule has 1 aliphatic heterocycles. The van der Waals surface area contributed by atoms with E-state index in [1.54, 1.807) is 0 Å². The quantitative estimate of drug-likeness (QED) is 0.245. The maximum atomic E-state index is 10.7. The van der Waals surface area contributed by atoms with Crippen LogP contribution in [0.15, 0.2) is 0 Å². The average Bonchev–Trinajstić information content (AvgIpc) is 2.49. The summed E-state index contributed by atoms with van der Waals surface area (Å²) >= 11 is 0. The summed E-state index contributed by atoms with van der Waals surface area (Å²) < 4.78 is 34.3. The van der Waals surface area contributed by atoms with Gasteiger partial charge in [0.1, 0.15) is 24.4 Å². The van der Waals surface area contributed by atoms with Crippen LogP contribution < -0.4 is 0 Å². The molecule has 1 saturated heterocycles. The minimum atomic E-state index is -5.01. The van der Waals surface area contributed by atoms with Crippen LogP contribution in [-0.2, 0) is 22.9 Å². The van der Waals surface area contributed by atoms with Gasteiger partial charge < -0.3 is 39.6 Å². The number of rotatable bonds is 6. The van der Waals surface area contributed by atoms with Crippen molar-refractivity contribution in [3.05, 3.63) is 0 Å². The molecule has 2 unspecified atom stereocenters. The summed E-state index contributed by atoms with van der Waals surface area (Å²) in [6.45, 7) is 0.0781. The van der Waals surface area contributed by atoms with Gasteiger partial charge in [0.15, 0.2) is 0 Å². The summed E-state index contributed by atoms with van der Waals surface area (Å²) in [5.41, 5.74) is 0. The lowest BCUT2D eigenvalue weighted by Gasteiger charge is -2.31. The highest BCUT2D eigenvalue weighted by molar-refractivity contribution is 7.46. The first-order valence-electron chi connectivity index (χ1n) is 5.46. The van der Waals surface area contributed by atoms with Crippen molar-refractivity contribution in [1.82, 2.24) is 0 Å². The Labute approximate surface area is 118 Å². The van der Waals surface area contributed by atoms with Gasteiger partial charge in [0.2, 0.25) is 5.79 Å². The van der Waals surface area contributed by atoms with Gasteiger partial charge in [-0.25, -0.2) is 9.13 Å². The molecule has 126 valence electrons. The molecule has 7 N–H and O–H groups in total. The molecule has 21 heavy (non-hydrogen) atoms. The van der Waals surface area contributed by atoms with E-state index >= 15 is 0 Å². The highest BCUT2D eigenvalue weighted by atomic mass is 31.2. The molecule has 1 heterocycles. The predicted octanol–water partition coefficient (Wildman–Crippen LogP) is -2.60. The lowest BCUT2D eigenvalue weighted by molar-refractivity contribution is -0.270. The summed E-state index contributed by atoms with van der Waals surface area (Å²) in [7, 11) is -9.89. The number of aliphatic hydroxyl groups is 3. The number of hydrogen-bond acceptors (Lipinski definition) is 8. The molecule has 0 aromatic rings. The van der Waals surface area contributed by atoms with Crippen molar-refractivity contribution in [2.24, 2.45) is 0 Å². The standard InChI is InChI=1S/C7H16O12P2/c1-3(19-21(14,15)16)7(10)6(9)5(8)4(18-7)2-17-20(11,12)13/h3-6,8-10H,2H2,1H3,(H2,11,12,13)(H2,14,15,16)/t3?,4-,5-,6+,7?/m1/s1. The normalized spacial score (nSPS) is 35.9. The number of aliphatic hydroxyl groups excluding tert-OH is 2. The van der Waals surface area contributed by atoms with Gasteiger partial charge in [-0.2, -0.15) is 0 Å². The van der Waals surface area contributed by atoms with Crippen LogP contribution in [0.5, 0.6) is 0 Å². The Balaban J connectivity index is 2.81. The zero-order valence-corrected chi connectivity index (χ0v) is 12.4. The molecule has 0 aromatic carbocycles. The number of hydrogen-bond donors (Lipinski definition) is 7. The van der Waals surface area contributed by atoms with E-state index in [0.717, 1.165) is 6.92 Å². The first-order valence-corrected chi connectivity index (χ1v) is 8.52. The van der Waals surface area contributed by atoms with E-state index < -0.39 is 52.5 Å². The van der Waals surface area contributed by atoms with Gasteiger partial charge in [-0.1, -0.05) is 0 Å². The second-order valence-corrected chi connectivity index (χ2v) is 6.80. The number of ether oxygens (including phenoxy) is 1. The molecule has 0 amide bonds. The van der Waals surface area contributed by atoms with Gasteiger partial charge in [0, 0.05) is 0 Å². The highest BCUT2D eigenvalue weighted by Crippen LogP contribution is 2.44. The Morgan fingerprint density at radius 2 is 1.71 bits per heavy atom. The fraction of sp³-hybridized carbons (Fsp3) is 1.00. The fourth-order valence-electron chi connectivity index (χ4n) is 1.75. The molecule has 1 aliphatic rings. The van der Waals surface area contributed by atoms with E-state index in [2.05, 4.69) is 9.05 Å². The van der Waals surface area contributed by atoms with Crippen molar-refractivity contribution < 1.29 is 57.8 Å². The van der Waals surface area contributed by atoms with Crippen LogP contribution in [0.4, 0.5) is 0 Å². The molecule has 0 aromatic heterocycles. The van der Waals surface area contributed by atoms with Crippen LogP contribution in [0.2, 0.25) is 0 Å². The molecule has 0 bridgehead atoms. The SMILES string of the molecule is CC(OP(=O)(O)O)C1(O)O[C@H](COP(=O)(O)O)[C@@H](O)[C@@H]1O. The molecule has 1 rings (SSSR count). The molecule has 0 saturated carbocycles. The molecule has 0 aliphatic carbocycles. The summed E-state index contributed by atoms with van der Waals surface area (Å²) in [6.07, 6.45) is -7.20. The third-order valence-electron chi connectivity index (χ3n) is 2.75. The van der Waals surface area contributed by atoms with Gasteiger partial charge >= 0.3 is 15.6 Å². The molecule has 1 fully saturated rings. The Morgan fingerprint density at radius 3 is 2.14 bits per heavy atom. The van der Waals surface area contributed by atoms with E-state index in [0.29, 0.717) is 0 Å². The predicted molar refractivity (Wildman–Crippen MR) is 62.4 cm³/mol. The summed E-state index contributed by atoms with van der Waals surface area (Å²) in [5.74, 6) is -2.70. The van der Waals surface area contributed by atoms with Crippen molar-refractivity contribution in [3.63, 3.8) is 0 Å². The Bertz CT molecular complexity index is 457. The first-order chi connectivity index (χ1) is 9.26. The topological polar surface area (TPSA) is 203 Å². The van der Waals surface area contributed by atoms with Crippen LogP contribution in [0.1, 0.15) is 6.92 Å². The second-order valence-electron chi connectivity index (χ2n) is 4.37. The molecule has 5 atom stereocenters. The van der Waals surface area contributed by atoms with Gasteiger partial charge in [0.25, 0.3) is 0 Å². The molecule has 0 radical (unpaired) electrons. The van der Waals surface area contributed by atoms with Gasteiger partial charge in [-0.05, 0) is 6.92 Å². The van der Waals surface area contributed by atoms with Crippen molar-refractivity contribution in [2.45, 2.75) is 37.1 Å². The lowest BCUT2D eigenvalue weighted by atomic mass is 10.0. The van der Waals surface area contributed by atoms with E-state index in [1.807, 2.05) is 0 Å². The Morgan fingerprint density at radius 1 is 1.19 bits per heavy atom. The van der Waals surface area contributed by atoms with Gasteiger partial charge in [-0.3, -0.25) is 9.05 Å². The zero-order valence-electron chi connectivity index (χ0n) is 10.6. The van der Waals surface area contributed by atoms with E-state index in [4.69, 9.17) is 24.3 Å². The lowest BCUT2D eigenvalue weighted by Crippen LogP contribution is -2.51. The largest absolute Gasteiger partial charge is 0.470 e. The van der Waals surface area contributed by atoms with E-state index in [-0.39, 0.29) is 0 Å². The maximum absolute atomic E-state index is 10.7. The summed E-state index contributed by atoms with van der Waals surface area (Å²) in [4.78, 5) is 34.3. The van der Waals surface area contributed by atoms with Crippen LogP contribution in [0.25, 0.3) is 0 Å². The summed E-state index contributed by atoms with van der Waals surface area (Å²) in [6, 6.07) is 0. The molecular formula is C7H16O12P2. The van der Waals surface area contributed by atoms with Gasteiger partial charge in [0.05, 0.1) is 6.61 Å². The second kappa shape index (κ2) is 6.28. The van der Waals surface area contributed by atoms with E-state index in [1.165, 1.54) is 0 Å². The Hall–Kier alpha value is 0.0600. The minimum Gasteiger partial charge on any atom is -0.387 e. The zero-order chi connectivity index (χ0) is 16.6. The molecule has 14 heteroatoms. The monoisotopic (exact) mass is 354 g/mol. The average molecular weight is 354 g/mol. The van der Waals surface area contributed by atoms with Gasteiger partial charge in [-0.15, -0.1) is 0 Å². The third kappa shape index (κ3) is 5.03. The number of phosphoric ester groups is 2. The van der Waals surface area contributed by atoms with Crippen LogP contribution in [0, 0.1) is 0 Å².